The Labute approximate surface area is 199 Å². The van der Waals surface area contributed by atoms with Crippen molar-refractivity contribution in [3.05, 3.63) is 0 Å². The number of unbranched alkanes of at least 4 members (excludes halogenated alkanes) is 15. The topological polar surface area (TPSA) is 3.24 Å². The molecule has 0 aliphatic rings. The minimum atomic E-state index is 0.889. The van der Waals surface area contributed by atoms with Gasteiger partial charge in [0.2, 0.25) is 0 Å². The Bertz CT molecular complexity index is 294. The van der Waals surface area contributed by atoms with Gasteiger partial charge in [0.25, 0.3) is 0 Å². The van der Waals surface area contributed by atoms with Crippen LogP contribution >= 0.6 is 0 Å². The number of rotatable bonds is 25. The molecule has 0 aromatic carbocycles. The summed E-state index contributed by atoms with van der Waals surface area (Å²) in [6, 6.07) is 0. The highest BCUT2D eigenvalue weighted by Crippen LogP contribution is 2.14. The van der Waals surface area contributed by atoms with Gasteiger partial charge in [-0.2, -0.15) is 0 Å². The second kappa shape index (κ2) is 24.6. The van der Waals surface area contributed by atoms with E-state index in [0.29, 0.717) is 0 Å². The zero-order chi connectivity index (χ0) is 23.0. The van der Waals surface area contributed by atoms with Gasteiger partial charge in [0.1, 0.15) is 0 Å². The normalized spacial score (nSPS) is 12.0. The Balaban J connectivity index is 3.54. The first kappa shape index (κ1) is 31.0. The van der Waals surface area contributed by atoms with Gasteiger partial charge in [0.05, 0.1) is 0 Å². The van der Waals surface area contributed by atoms with E-state index < -0.39 is 0 Å². The summed E-state index contributed by atoms with van der Waals surface area (Å²) in [7, 11) is 0. The number of hydrogen-bond donors (Lipinski definition) is 0. The predicted molar refractivity (Wildman–Crippen MR) is 144 cm³/mol. The molecule has 0 saturated heterocycles. The lowest BCUT2D eigenvalue weighted by atomic mass is 10.0. The summed E-state index contributed by atoms with van der Waals surface area (Å²) in [6.45, 7) is 15.8. The van der Waals surface area contributed by atoms with Crippen molar-refractivity contribution in [3.8, 4) is 0 Å². The molecule has 188 valence electrons. The highest BCUT2D eigenvalue weighted by Gasteiger charge is 2.04. The third kappa shape index (κ3) is 26.1. The first-order valence-corrected chi connectivity index (χ1v) is 14.8. The summed E-state index contributed by atoms with van der Waals surface area (Å²) in [6.07, 6.45) is 28.8. The molecule has 0 atom stereocenters. The van der Waals surface area contributed by atoms with Crippen LogP contribution in [0, 0.1) is 11.8 Å². The van der Waals surface area contributed by atoms with Crippen LogP contribution in [0.4, 0.5) is 0 Å². The van der Waals surface area contributed by atoms with E-state index in [9.17, 15) is 0 Å². The summed E-state index contributed by atoms with van der Waals surface area (Å²) < 4.78 is 0. The van der Waals surface area contributed by atoms with Gasteiger partial charge in [0, 0.05) is 0 Å². The second-order valence-electron chi connectivity index (χ2n) is 11.2. The third-order valence-electron chi connectivity index (χ3n) is 6.84. The van der Waals surface area contributed by atoms with Gasteiger partial charge in [-0.3, -0.25) is 0 Å². The third-order valence-corrected chi connectivity index (χ3v) is 6.84. The molecular formula is C30H63N. The van der Waals surface area contributed by atoms with E-state index in [0.717, 1.165) is 11.8 Å². The Morgan fingerprint density at radius 2 is 0.677 bits per heavy atom. The van der Waals surface area contributed by atoms with Crippen molar-refractivity contribution in [3.63, 3.8) is 0 Å². The minimum absolute atomic E-state index is 0.889. The van der Waals surface area contributed by atoms with E-state index in [-0.39, 0.29) is 0 Å². The maximum atomic E-state index is 2.78. The molecule has 0 rings (SSSR count). The lowest BCUT2D eigenvalue weighted by Gasteiger charge is -2.22. The molecule has 0 aromatic heterocycles. The van der Waals surface area contributed by atoms with Gasteiger partial charge < -0.3 is 4.90 Å². The Kier molecular flexibility index (Phi) is 24.6. The second-order valence-corrected chi connectivity index (χ2v) is 11.2. The molecule has 0 bridgehead atoms. The quantitative estimate of drug-likeness (QED) is 0.128. The van der Waals surface area contributed by atoms with Gasteiger partial charge >= 0.3 is 0 Å². The largest absolute Gasteiger partial charge is 0.303 e. The van der Waals surface area contributed by atoms with Crippen LogP contribution in [0.15, 0.2) is 0 Å². The standard InChI is InChI=1S/C30H63N/c1-6-7-26-31(27-22-18-14-10-8-12-16-20-24-29(2)3)28-23-19-15-11-9-13-17-21-25-30(4)5/h29-30H,6-28H2,1-5H3. The fourth-order valence-corrected chi connectivity index (χ4v) is 4.61. The summed E-state index contributed by atoms with van der Waals surface area (Å²) in [5.41, 5.74) is 0. The van der Waals surface area contributed by atoms with Crippen LogP contribution in [0.1, 0.15) is 163 Å². The van der Waals surface area contributed by atoms with Crippen molar-refractivity contribution < 1.29 is 0 Å². The van der Waals surface area contributed by atoms with Crippen LogP contribution in [0.25, 0.3) is 0 Å². The summed E-state index contributed by atoms with van der Waals surface area (Å²) in [5, 5.41) is 0. The van der Waals surface area contributed by atoms with Crippen LogP contribution < -0.4 is 0 Å². The molecule has 0 N–H and O–H groups in total. The van der Waals surface area contributed by atoms with Crippen molar-refractivity contribution in [2.75, 3.05) is 19.6 Å². The SMILES string of the molecule is CCCCN(CCCCCCCCCCC(C)C)CCCCCCCCCCC(C)C. The zero-order valence-corrected chi connectivity index (χ0v) is 22.9. The van der Waals surface area contributed by atoms with Crippen LogP contribution in [0.2, 0.25) is 0 Å². The van der Waals surface area contributed by atoms with Crippen molar-refractivity contribution >= 4 is 0 Å². The molecule has 0 fully saturated rings. The van der Waals surface area contributed by atoms with Crippen LogP contribution in [-0.4, -0.2) is 24.5 Å². The summed E-state index contributed by atoms with van der Waals surface area (Å²) in [5.74, 6) is 1.78. The molecule has 0 aliphatic carbocycles. The molecule has 0 saturated carbocycles. The molecular weight excluding hydrogens is 374 g/mol. The molecule has 0 heterocycles. The highest BCUT2D eigenvalue weighted by molar-refractivity contribution is 4.60. The molecule has 0 unspecified atom stereocenters. The summed E-state index contributed by atoms with van der Waals surface area (Å²) >= 11 is 0. The fourth-order valence-electron chi connectivity index (χ4n) is 4.61. The van der Waals surface area contributed by atoms with Crippen molar-refractivity contribution in [2.45, 2.75) is 163 Å². The molecule has 0 amide bonds. The smallest absolute Gasteiger partial charge is 0.00187 e. The Morgan fingerprint density at radius 3 is 1.00 bits per heavy atom. The van der Waals surface area contributed by atoms with Crippen molar-refractivity contribution in [1.29, 1.82) is 0 Å². The van der Waals surface area contributed by atoms with Crippen molar-refractivity contribution in [2.24, 2.45) is 11.8 Å². The Morgan fingerprint density at radius 1 is 0.387 bits per heavy atom. The monoisotopic (exact) mass is 437 g/mol. The van der Waals surface area contributed by atoms with E-state index in [4.69, 9.17) is 0 Å². The number of hydrogen-bond acceptors (Lipinski definition) is 1. The minimum Gasteiger partial charge on any atom is -0.303 e. The zero-order valence-electron chi connectivity index (χ0n) is 22.9. The molecule has 0 radical (unpaired) electrons. The molecule has 1 heteroatoms. The molecule has 0 aliphatic heterocycles. The van der Waals surface area contributed by atoms with Crippen LogP contribution in [0.3, 0.4) is 0 Å². The predicted octanol–water partition coefficient (Wildman–Crippen LogP) is 10.4. The first-order chi connectivity index (χ1) is 15.1. The van der Waals surface area contributed by atoms with Crippen LogP contribution in [-0.2, 0) is 0 Å². The average molecular weight is 438 g/mol. The van der Waals surface area contributed by atoms with Gasteiger partial charge in [-0.1, -0.05) is 144 Å². The Hall–Kier alpha value is -0.0400. The molecule has 31 heavy (non-hydrogen) atoms. The summed E-state index contributed by atoms with van der Waals surface area (Å²) in [4.78, 5) is 2.78. The fraction of sp³-hybridized carbons (Fsp3) is 1.00. The highest BCUT2D eigenvalue weighted by atomic mass is 15.1. The van der Waals surface area contributed by atoms with E-state index in [2.05, 4.69) is 39.5 Å². The van der Waals surface area contributed by atoms with Crippen molar-refractivity contribution in [1.82, 2.24) is 4.90 Å². The van der Waals surface area contributed by atoms with E-state index in [1.807, 2.05) is 0 Å². The lowest BCUT2D eigenvalue weighted by Crippen LogP contribution is -2.27. The first-order valence-electron chi connectivity index (χ1n) is 14.8. The number of nitrogens with zero attached hydrogens (tertiary/aromatic N) is 1. The maximum absolute atomic E-state index is 2.78. The molecule has 1 nitrogen and oxygen atoms in total. The van der Waals surface area contributed by atoms with Gasteiger partial charge in [-0.25, -0.2) is 0 Å². The van der Waals surface area contributed by atoms with Gasteiger partial charge in [-0.05, 0) is 50.7 Å². The van der Waals surface area contributed by atoms with E-state index >= 15 is 0 Å². The lowest BCUT2D eigenvalue weighted by molar-refractivity contribution is 0.256. The molecule has 0 spiro atoms. The van der Waals surface area contributed by atoms with E-state index in [1.54, 1.807) is 0 Å². The van der Waals surface area contributed by atoms with Gasteiger partial charge in [-0.15, -0.1) is 0 Å². The maximum Gasteiger partial charge on any atom is -0.00187 e. The molecule has 0 aromatic rings. The average Bonchev–Trinajstić information content (AvgIpc) is 2.73. The van der Waals surface area contributed by atoms with E-state index in [1.165, 1.54) is 148 Å². The van der Waals surface area contributed by atoms with Crippen LogP contribution in [0.5, 0.6) is 0 Å². The van der Waals surface area contributed by atoms with Gasteiger partial charge in [0.15, 0.2) is 0 Å².